The summed E-state index contributed by atoms with van der Waals surface area (Å²) in [5.74, 6) is -1.02. The average molecular weight is 297 g/mol. The summed E-state index contributed by atoms with van der Waals surface area (Å²) < 4.78 is 26.1. The lowest BCUT2D eigenvalue weighted by Crippen LogP contribution is -2.38. The number of carboxylic acid groups (broad SMARTS) is 1. The highest BCUT2D eigenvalue weighted by molar-refractivity contribution is 7.89. The molecule has 0 saturated heterocycles. The minimum atomic E-state index is -3.94. The topological polar surface area (TPSA) is 138 Å². The van der Waals surface area contributed by atoms with Gasteiger partial charge in [0.25, 0.3) is 0 Å². The smallest absolute Gasteiger partial charge is 0.321 e. The van der Waals surface area contributed by atoms with E-state index in [0.29, 0.717) is 5.56 Å². The van der Waals surface area contributed by atoms with Crippen molar-refractivity contribution in [2.45, 2.75) is 17.9 Å². The molecule has 0 bridgehead atoms. The average Bonchev–Trinajstić information content (AvgIpc) is 2.92. The molecule has 106 valence electrons. The Morgan fingerprint density at radius 2 is 2.20 bits per heavy atom. The van der Waals surface area contributed by atoms with E-state index in [1.807, 2.05) is 0 Å². The van der Waals surface area contributed by atoms with E-state index in [1.165, 1.54) is 25.1 Å². The van der Waals surface area contributed by atoms with Crippen molar-refractivity contribution in [3.8, 4) is 11.4 Å². The highest BCUT2D eigenvalue weighted by Crippen LogP contribution is 2.18. The third-order valence-electron chi connectivity index (χ3n) is 2.45. The fraction of sp³-hybridized carbons (Fsp3) is 0.200. The Balaban J connectivity index is 2.33. The van der Waals surface area contributed by atoms with E-state index in [-0.39, 0.29) is 10.7 Å². The first kappa shape index (κ1) is 14.1. The van der Waals surface area contributed by atoms with Gasteiger partial charge in [-0.2, -0.15) is 9.94 Å². The molecule has 0 amide bonds. The van der Waals surface area contributed by atoms with Crippen LogP contribution in [0.3, 0.4) is 0 Å². The molecule has 2 rings (SSSR count). The zero-order valence-corrected chi connectivity index (χ0v) is 11.1. The molecule has 0 fully saturated rings. The zero-order valence-electron chi connectivity index (χ0n) is 10.3. The van der Waals surface area contributed by atoms with Crippen molar-refractivity contribution in [2.75, 3.05) is 0 Å². The maximum absolute atomic E-state index is 12.0. The van der Waals surface area contributed by atoms with Gasteiger partial charge in [-0.05, 0) is 24.3 Å². The van der Waals surface area contributed by atoms with Crippen LogP contribution < -0.4 is 4.72 Å². The maximum atomic E-state index is 12.0. The molecule has 9 nitrogen and oxygen atoms in total. The number of aliphatic carboxylic acids is 1. The first-order valence-corrected chi connectivity index (χ1v) is 6.97. The second-order valence-electron chi connectivity index (χ2n) is 3.94. The van der Waals surface area contributed by atoms with Gasteiger partial charge in [0.2, 0.25) is 15.8 Å². The van der Waals surface area contributed by atoms with E-state index in [9.17, 15) is 13.2 Å². The van der Waals surface area contributed by atoms with Crippen LogP contribution in [0.5, 0.6) is 0 Å². The molecular formula is C10H11N5O4S. The van der Waals surface area contributed by atoms with Gasteiger partial charge in [0.15, 0.2) is 0 Å². The molecule has 10 heteroatoms. The number of carbonyl (C=O) groups is 1. The highest BCUT2D eigenvalue weighted by Gasteiger charge is 2.22. The van der Waals surface area contributed by atoms with Gasteiger partial charge in [-0.1, -0.05) is 12.1 Å². The number of nitrogens with one attached hydrogen (secondary N) is 2. The predicted molar refractivity (Wildman–Crippen MR) is 67.0 cm³/mol. The largest absolute Gasteiger partial charge is 0.480 e. The number of nitrogens with zero attached hydrogens (tertiary/aromatic N) is 3. The van der Waals surface area contributed by atoms with Crippen molar-refractivity contribution in [1.82, 2.24) is 25.3 Å². The quantitative estimate of drug-likeness (QED) is 0.683. The number of rotatable bonds is 5. The maximum Gasteiger partial charge on any atom is 0.321 e. The van der Waals surface area contributed by atoms with Crippen LogP contribution in [0.1, 0.15) is 6.92 Å². The molecule has 0 spiro atoms. The minimum Gasteiger partial charge on any atom is -0.480 e. The number of hydrogen-bond donors (Lipinski definition) is 3. The lowest BCUT2D eigenvalue weighted by Gasteiger charge is -2.10. The van der Waals surface area contributed by atoms with Gasteiger partial charge in [-0.25, -0.2) is 8.42 Å². The Labute approximate surface area is 114 Å². The van der Waals surface area contributed by atoms with Crippen molar-refractivity contribution in [3.05, 3.63) is 24.3 Å². The van der Waals surface area contributed by atoms with Crippen LogP contribution >= 0.6 is 0 Å². The molecular weight excluding hydrogens is 286 g/mol. The summed E-state index contributed by atoms with van der Waals surface area (Å²) in [7, 11) is -3.94. The second-order valence-corrected chi connectivity index (χ2v) is 5.66. The first-order chi connectivity index (χ1) is 9.40. The van der Waals surface area contributed by atoms with Crippen LogP contribution in [-0.4, -0.2) is 46.2 Å². The Morgan fingerprint density at radius 3 is 2.80 bits per heavy atom. The highest BCUT2D eigenvalue weighted by atomic mass is 32.2. The monoisotopic (exact) mass is 297 g/mol. The molecule has 0 aliphatic heterocycles. The second kappa shape index (κ2) is 5.35. The number of tetrazole rings is 1. The number of benzene rings is 1. The van der Waals surface area contributed by atoms with Crippen molar-refractivity contribution >= 4 is 16.0 Å². The van der Waals surface area contributed by atoms with E-state index in [4.69, 9.17) is 5.11 Å². The summed E-state index contributed by atoms with van der Waals surface area (Å²) in [4.78, 5) is 10.6. The number of hydrogen-bond acceptors (Lipinski definition) is 6. The van der Waals surface area contributed by atoms with Gasteiger partial charge >= 0.3 is 5.97 Å². The van der Waals surface area contributed by atoms with Gasteiger partial charge < -0.3 is 5.11 Å². The van der Waals surface area contributed by atoms with Crippen LogP contribution in [-0.2, 0) is 14.8 Å². The van der Waals surface area contributed by atoms with Gasteiger partial charge in [-0.15, -0.1) is 10.2 Å². The van der Waals surface area contributed by atoms with Gasteiger partial charge in [-0.3, -0.25) is 4.79 Å². The van der Waals surface area contributed by atoms with Crippen LogP contribution in [0.4, 0.5) is 0 Å². The third kappa shape index (κ3) is 2.97. The molecule has 0 saturated carbocycles. The van der Waals surface area contributed by atoms with E-state index in [1.54, 1.807) is 6.07 Å². The summed E-state index contributed by atoms with van der Waals surface area (Å²) in [5.41, 5.74) is 0.449. The SMILES string of the molecule is C[C@H](NS(=O)(=O)c1cccc(-c2nn[nH]n2)c1)C(=O)O. The fourth-order valence-electron chi connectivity index (χ4n) is 1.44. The summed E-state index contributed by atoms with van der Waals surface area (Å²) >= 11 is 0. The Bertz CT molecular complexity index is 713. The molecule has 0 unspecified atom stereocenters. The molecule has 1 aromatic carbocycles. The van der Waals surface area contributed by atoms with E-state index in [2.05, 4.69) is 25.3 Å². The number of aromatic nitrogens is 4. The van der Waals surface area contributed by atoms with Crippen molar-refractivity contribution < 1.29 is 18.3 Å². The molecule has 0 radical (unpaired) electrons. The fourth-order valence-corrected chi connectivity index (χ4v) is 2.68. The van der Waals surface area contributed by atoms with E-state index >= 15 is 0 Å². The predicted octanol–water partition coefficient (Wildman–Crippen LogP) is -0.382. The molecule has 1 atom stereocenters. The van der Waals surface area contributed by atoms with Crippen LogP contribution in [0.25, 0.3) is 11.4 Å². The number of sulfonamides is 1. The van der Waals surface area contributed by atoms with Crippen molar-refractivity contribution in [1.29, 1.82) is 0 Å². The standard InChI is InChI=1S/C10H11N5O4S/c1-6(10(16)17)13-20(18,19)8-4-2-3-7(5-8)9-11-14-15-12-9/h2-6,13H,1H3,(H,16,17)(H,11,12,14,15)/t6-/m0/s1. The van der Waals surface area contributed by atoms with E-state index in [0.717, 1.165) is 0 Å². The molecule has 2 aromatic rings. The van der Waals surface area contributed by atoms with Crippen molar-refractivity contribution in [2.24, 2.45) is 0 Å². The Hall–Kier alpha value is -2.33. The zero-order chi connectivity index (χ0) is 14.8. The summed E-state index contributed by atoms with van der Waals surface area (Å²) in [5, 5.41) is 21.9. The van der Waals surface area contributed by atoms with E-state index < -0.39 is 22.0 Å². The normalized spacial score (nSPS) is 13.1. The molecule has 0 aliphatic carbocycles. The number of aromatic amines is 1. The molecule has 1 heterocycles. The number of carboxylic acids is 1. The lowest BCUT2D eigenvalue weighted by molar-refractivity contribution is -0.138. The summed E-state index contributed by atoms with van der Waals surface area (Å²) in [6.07, 6.45) is 0. The minimum absolute atomic E-state index is 0.0760. The van der Waals surface area contributed by atoms with Crippen molar-refractivity contribution in [3.63, 3.8) is 0 Å². The van der Waals surface area contributed by atoms with Gasteiger partial charge in [0.05, 0.1) is 4.90 Å². The van der Waals surface area contributed by atoms with Crippen LogP contribution in [0.2, 0.25) is 0 Å². The Morgan fingerprint density at radius 1 is 1.45 bits per heavy atom. The molecule has 3 N–H and O–H groups in total. The molecule has 1 aromatic heterocycles. The first-order valence-electron chi connectivity index (χ1n) is 5.49. The summed E-state index contributed by atoms with van der Waals surface area (Å²) in [6, 6.07) is 4.58. The summed E-state index contributed by atoms with van der Waals surface area (Å²) in [6.45, 7) is 1.24. The Kier molecular flexibility index (Phi) is 3.77. The molecule has 0 aliphatic rings. The van der Waals surface area contributed by atoms with Gasteiger partial charge in [0.1, 0.15) is 6.04 Å². The lowest BCUT2D eigenvalue weighted by atomic mass is 10.2. The van der Waals surface area contributed by atoms with Crippen LogP contribution in [0.15, 0.2) is 29.2 Å². The van der Waals surface area contributed by atoms with Crippen LogP contribution in [0, 0.1) is 0 Å². The number of H-pyrrole nitrogens is 1. The van der Waals surface area contributed by atoms with Gasteiger partial charge in [0, 0.05) is 5.56 Å². The molecule has 20 heavy (non-hydrogen) atoms. The third-order valence-corrected chi connectivity index (χ3v) is 3.99.